The van der Waals surface area contributed by atoms with Crippen molar-refractivity contribution in [2.75, 3.05) is 41.3 Å². The summed E-state index contributed by atoms with van der Waals surface area (Å²) in [6.45, 7) is 5.26. The van der Waals surface area contributed by atoms with Crippen molar-refractivity contribution < 1.29 is 9.59 Å². The SMILES string of the molecule is CC(=O)c1ccc(NC(=O)C2CCN(c3cncnc3N3CCCC3)CC2)cc1. The molecule has 1 amide bonds. The Labute approximate surface area is 171 Å². The number of nitrogens with one attached hydrogen (secondary N) is 1. The van der Waals surface area contributed by atoms with Gasteiger partial charge in [0.15, 0.2) is 11.6 Å². The van der Waals surface area contributed by atoms with Gasteiger partial charge in [-0.1, -0.05) is 0 Å². The van der Waals surface area contributed by atoms with Crippen molar-refractivity contribution in [1.29, 1.82) is 0 Å². The predicted molar refractivity (Wildman–Crippen MR) is 113 cm³/mol. The number of rotatable bonds is 5. The van der Waals surface area contributed by atoms with Gasteiger partial charge >= 0.3 is 0 Å². The van der Waals surface area contributed by atoms with Crippen molar-refractivity contribution in [3.63, 3.8) is 0 Å². The summed E-state index contributed by atoms with van der Waals surface area (Å²) in [4.78, 5) is 37.5. The van der Waals surface area contributed by atoms with Crippen LogP contribution in [-0.2, 0) is 4.79 Å². The lowest BCUT2D eigenvalue weighted by molar-refractivity contribution is -0.120. The zero-order chi connectivity index (χ0) is 20.2. The van der Waals surface area contributed by atoms with E-state index in [2.05, 4.69) is 25.1 Å². The molecule has 0 aliphatic carbocycles. The number of carbonyl (C=O) groups is 2. The van der Waals surface area contributed by atoms with E-state index in [9.17, 15) is 9.59 Å². The van der Waals surface area contributed by atoms with Crippen LogP contribution in [0.5, 0.6) is 0 Å². The third-order valence-corrected chi connectivity index (χ3v) is 5.84. The van der Waals surface area contributed by atoms with Crippen LogP contribution in [0.3, 0.4) is 0 Å². The normalized spacial score (nSPS) is 17.4. The summed E-state index contributed by atoms with van der Waals surface area (Å²) in [5.41, 5.74) is 2.46. The number of hydrogen-bond donors (Lipinski definition) is 1. The molecule has 1 aromatic carbocycles. The number of ketones is 1. The lowest BCUT2D eigenvalue weighted by atomic mass is 9.95. The standard InChI is InChI=1S/C22H27N5O2/c1-16(28)17-4-6-19(7-5-17)25-22(29)18-8-12-26(13-9-18)20-14-23-15-24-21(20)27-10-2-3-11-27/h4-7,14-15,18H,2-3,8-13H2,1H3,(H,25,29). The summed E-state index contributed by atoms with van der Waals surface area (Å²) >= 11 is 0. The monoisotopic (exact) mass is 393 g/mol. The van der Waals surface area contributed by atoms with Crippen LogP contribution in [0.2, 0.25) is 0 Å². The molecule has 0 bridgehead atoms. The van der Waals surface area contributed by atoms with Gasteiger partial charge < -0.3 is 15.1 Å². The Morgan fingerprint density at radius 3 is 2.34 bits per heavy atom. The van der Waals surface area contributed by atoms with Crippen LogP contribution >= 0.6 is 0 Å². The molecular weight excluding hydrogens is 366 g/mol. The second-order valence-corrected chi connectivity index (χ2v) is 7.81. The molecule has 2 aliphatic rings. The lowest BCUT2D eigenvalue weighted by Gasteiger charge is -2.34. The first-order valence-electron chi connectivity index (χ1n) is 10.3. The van der Waals surface area contributed by atoms with E-state index in [4.69, 9.17) is 0 Å². The summed E-state index contributed by atoms with van der Waals surface area (Å²) in [6, 6.07) is 7.06. The van der Waals surface area contributed by atoms with Crippen molar-refractivity contribution in [1.82, 2.24) is 9.97 Å². The van der Waals surface area contributed by atoms with E-state index in [1.807, 2.05) is 6.20 Å². The summed E-state index contributed by atoms with van der Waals surface area (Å²) in [5, 5.41) is 2.99. The fourth-order valence-corrected chi connectivity index (χ4v) is 4.13. The van der Waals surface area contributed by atoms with Gasteiger partial charge in [0.25, 0.3) is 0 Å². The van der Waals surface area contributed by atoms with Crippen LogP contribution in [0.15, 0.2) is 36.8 Å². The van der Waals surface area contributed by atoms with Gasteiger partial charge in [0.1, 0.15) is 6.33 Å². The van der Waals surface area contributed by atoms with E-state index in [0.717, 1.165) is 56.2 Å². The van der Waals surface area contributed by atoms with Crippen LogP contribution < -0.4 is 15.1 Å². The highest BCUT2D eigenvalue weighted by Crippen LogP contribution is 2.32. The zero-order valence-electron chi connectivity index (χ0n) is 16.8. The molecule has 2 aromatic rings. The van der Waals surface area contributed by atoms with Crippen LogP contribution in [0.25, 0.3) is 0 Å². The van der Waals surface area contributed by atoms with Crippen molar-refractivity contribution in [2.45, 2.75) is 32.6 Å². The lowest BCUT2D eigenvalue weighted by Crippen LogP contribution is -2.39. The van der Waals surface area contributed by atoms with E-state index in [-0.39, 0.29) is 17.6 Å². The Bertz CT molecular complexity index is 869. The number of piperidine rings is 1. The molecule has 0 radical (unpaired) electrons. The van der Waals surface area contributed by atoms with E-state index in [1.54, 1.807) is 30.6 Å². The predicted octanol–water partition coefficient (Wildman–Crippen LogP) is 3.13. The zero-order valence-corrected chi connectivity index (χ0v) is 16.8. The first kappa shape index (κ1) is 19.4. The minimum Gasteiger partial charge on any atom is -0.367 e. The molecule has 2 aliphatic heterocycles. The number of anilines is 3. The molecular formula is C22H27N5O2. The molecule has 7 nitrogen and oxygen atoms in total. The van der Waals surface area contributed by atoms with Gasteiger partial charge in [-0.15, -0.1) is 0 Å². The molecule has 0 spiro atoms. The third-order valence-electron chi connectivity index (χ3n) is 5.84. The number of amides is 1. The molecule has 0 saturated carbocycles. The molecule has 4 rings (SSSR count). The van der Waals surface area contributed by atoms with Crippen LogP contribution in [0, 0.1) is 5.92 Å². The maximum atomic E-state index is 12.7. The molecule has 152 valence electrons. The third kappa shape index (κ3) is 4.39. The van der Waals surface area contributed by atoms with Crippen molar-refractivity contribution in [2.24, 2.45) is 5.92 Å². The average molecular weight is 393 g/mol. The molecule has 29 heavy (non-hydrogen) atoms. The summed E-state index contributed by atoms with van der Waals surface area (Å²) < 4.78 is 0. The van der Waals surface area contributed by atoms with E-state index < -0.39 is 0 Å². The molecule has 1 aromatic heterocycles. The first-order chi connectivity index (χ1) is 14.1. The quantitative estimate of drug-likeness (QED) is 0.787. The number of hydrogen-bond acceptors (Lipinski definition) is 6. The Morgan fingerprint density at radius 1 is 1.00 bits per heavy atom. The Morgan fingerprint density at radius 2 is 1.69 bits per heavy atom. The number of benzene rings is 1. The number of carbonyl (C=O) groups excluding carboxylic acids is 2. The molecule has 1 N–H and O–H groups in total. The van der Waals surface area contributed by atoms with Gasteiger partial charge in [0.05, 0.1) is 11.9 Å². The second-order valence-electron chi connectivity index (χ2n) is 7.81. The topological polar surface area (TPSA) is 78.4 Å². The highest BCUT2D eigenvalue weighted by atomic mass is 16.2. The van der Waals surface area contributed by atoms with Crippen molar-refractivity contribution >= 4 is 28.9 Å². The molecule has 0 atom stereocenters. The first-order valence-corrected chi connectivity index (χ1v) is 10.3. The number of aromatic nitrogens is 2. The number of nitrogens with zero attached hydrogens (tertiary/aromatic N) is 4. The average Bonchev–Trinajstić information content (AvgIpc) is 3.29. The largest absolute Gasteiger partial charge is 0.367 e. The second kappa shape index (κ2) is 8.59. The van der Waals surface area contributed by atoms with Crippen LogP contribution in [0.1, 0.15) is 43.0 Å². The van der Waals surface area contributed by atoms with Gasteiger partial charge in [0.2, 0.25) is 5.91 Å². The Hall–Kier alpha value is -2.96. The van der Waals surface area contributed by atoms with Gasteiger partial charge in [-0.25, -0.2) is 9.97 Å². The molecule has 2 fully saturated rings. The fraction of sp³-hybridized carbons (Fsp3) is 0.455. The van der Waals surface area contributed by atoms with Gasteiger partial charge in [0, 0.05) is 43.3 Å². The minimum absolute atomic E-state index is 0.0152. The van der Waals surface area contributed by atoms with Crippen LogP contribution in [-0.4, -0.2) is 47.8 Å². The summed E-state index contributed by atoms with van der Waals surface area (Å²) in [6.07, 6.45) is 7.53. The summed E-state index contributed by atoms with van der Waals surface area (Å²) in [7, 11) is 0. The molecule has 2 saturated heterocycles. The van der Waals surface area contributed by atoms with Crippen molar-refractivity contribution in [3.05, 3.63) is 42.4 Å². The molecule has 7 heteroatoms. The van der Waals surface area contributed by atoms with Crippen LogP contribution in [0.4, 0.5) is 17.2 Å². The fourth-order valence-electron chi connectivity index (χ4n) is 4.13. The van der Waals surface area contributed by atoms with Gasteiger partial charge in [-0.05, 0) is 56.9 Å². The highest BCUT2D eigenvalue weighted by Gasteiger charge is 2.28. The summed E-state index contributed by atoms with van der Waals surface area (Å²) in [5.74, 6) is 1.07. The smallest absolute Gasteiger partial charge is 0.227 e. The maximum Gasteiger partial charge on any atom is 0.227 e. The van der Waals surface area contributed by atoms with E-state index in [1.165, 1.54) is 19.8 Å². The molecule has 0 unspecified atom stereocenters. The van der Waals surface area contributed by atoms with Gasteiger partial charge in [-0.2, -0.15) is 0 Å². The highest BCUT2D eigenvalue weighted by molar-refractivity contribution is 5.96. The van der Waals surface area contributed by atoms with Crippen molar-refractivity contribution in [3.8, 4) is 0 Å². The Kier molecular flexibility index (Phi) is 5.74. The Balaban J connectivity index is 1.36. The maximum absolute atomic E-state index is 12.7. The number of Topliss-reactive ketones (excluding diaryl/α,β-unsaturated/α-hetero) is 1. The molecule has 3 heterocycles. The van der Waals surface area contributed by atoms with Gasteiger partial charge in [-0.3, -0.25) is 9.59 Å². The minimum atomic E-state index is -0.0152. The van der Waals surface area contributed by atoms with E-state index in [0.29, 0.717) is 5.56 Å². The van der Waals surface area contributed by atoms with E-state index >= 15 is 0 Å².